The summed E-state index contributed by atoms with van der Waals surface area (Å²) >= 11 is 0. The third kappa shape index (κ3) is 4.78. The van der Waals surface area contributed by atoms with Crippen LogP contribution in [-0.4, -0.2) is 30.4 Å². The van der Waals surface area contributed by atoms with Gasteiger partial charge in [0.15, 0.2) is 6.61 Å². The highest BCUT2D eigenvalue weighted by Crippen LogP contribution is 2.31. The molecule has 1 aliphatic rings. The monoisotopic (exact) mass is 430 g/mol. The molecule has 4 rings (SSSR count). The number of rotatable bonds is 5. The molecule has 0 aliphatic carbocycles. The molecule has 1 heterocycles. The van der Waals surface area contributed by atoms with Gasteiger partial charge in [-0.3, -0.25) is 9.59 Å². The number of nitrogens with one attached hydrogen (secondary N) is 1. The molecule has 32 heavy (non-hydrogen) atoms. The molecular weight excluding hydrogens is 408 g/mol. The van der Waals surface area contributed by atoms with Crippen LogP contribution < -0.4 is 15.0 Å². The summed E-state index contributed by atoms with van der Waals surface area (Å²) in [5.41, 5.74) is 1.39. The van der Waals surface area contributed by atoms with Crippen molar-refractivity contribution in [3.8, 4) is 11.5 Å². The quantitative estimate of drug-likeness (QED) is 0.607. The number of esters is 1. The van der Waals surface area contributed by atoms with Crippen molar-refractivity contribution in [3.63, 3.8) is 0 Å². The van der Waals surface area contributed by atoms with Gasteiger partial charge < -0.3 is 19.7 Å². The van der Waals surface area contributed by atoms with Crippen molar-refractivity contribution < 1.29 is 23.9 Å². The molecule has 1 aliphatic heterocycles. The van der Waals surface area contributed by atoms with E-state index in [-0.39, 0.29) is 23.9 Å². The number of carbonyl (C=O) groups is 3. The summed E-state index contributed by atoms with van der Waals surface area (Å²) in [4.78, 5) is 39.1. The molecule has 3 aromatic carbocycles. The van der Waals surface area contributed by atoms with Crippen LogP contribution in [0.3, 0.4) is 0 Å². The van der Waals surface area contributed by atoms with Crippen molar-refractivity contribution in [3.05, 3.63) is 84.4 Å². The number of para-hydroxylation sites is 3. The van der Waals surface area contributed by atoms with Crippen molar-refractivity contribution in [2.24, 2.45) is 0 Å². The number of benzene rings is 3. The highest BCUT2D eigenvalue weighted by Gasteiger charge is 2.30. The van der Waals surface area contributed by atoms with Crippen LogP contribution in [0.2, 0.25) is 0 Å². The Hall–Kier alpha value is -4.13. The van der Waals surface area contributed by atoms with Crippen LogP contribution >= 0.6 is 0 Å². The number of hydrogen-bond acceptors (Lipinski definition) is 5. The van der Waals surface area contributed by atoms with E-state index >= 15 is 0 Å². The summed E-state index contributed by atoms with van der Waals surface area (Å²) in [5.74, 6) is -0.0948. The standard InChI is InChI=1S/C25H22N2O5/c1-17-14-23(28)26-21-12-5-6-13-22(21)27(17)24(29)16-31-25(30)18-8-7-11-20(15-18)32-19-9-3-2-4-10-19/h2-13,15,17H,14,16H2,1H3,(H,26,28). The average Bonchev–Trinajstić information content (AvgIpc) is 2.92. The third-order valence-corrected chi connectivity index (χ3v) is 5.00. The first kappa shape index (κ1) is 21.1. The molecular formula is C25H22N2O5. The Morgan fingerprint density at radius 2 is 1.69 bits per heavy atom. The van der Waals surface area contributed by atoms with Gasteiger partial charge in [0.25, 0.3) is 5.91 Å². The van der Waals surface area contributed by atoms with E-state index in [0.717, 1.165) is 0 Å². The van der Waals surface area contributed by atoms with Gasteiger partial charge >= 0.3 is 5.97 Å². The minimum atomic E-state index is -0.637. The molecule has 0 aromatic heterocycles. The number of hydrogen-bond donors (Lipinski definition) is 1. The number of carbonyl (C=O) groups excluding carboxylic acids is 3. The Labute approximate surface area is 185 Å². The molecule has 162 valence electrons. The summed E-state index contributed by atoms with van der Waals surface area (Å²) in [6.45, 7) is 1.33. The van der Waals surface area contributed by atoms with Gasteiger partial charge in [-0.25, -0.2) is 4.79 Å². The molecule has 7 heteroatoms. The number of anilines is 2. The summed E-state index contributed by atoms with van der Waals surface area (Å²) in [6.07, 6.45) is 0.146. The maximum atomic E-state index is 13.0. The number of amides is 2. The van der Waals surface area contributed by atoms with E-state index in [1.807, 2.05) is 30.3 Å². The summed E-state index contributed by atoms with van der Waals surface area (Å²) in [6, 6.07) is 22.4. The van der Waals surface area contributed by atoms with Crippen LogP contribution in [0.1, 0.15) is 23.7 Å². The van der Waals surface area contributed by atoms with Crippen molar-refractivity contribution >= 4 is 29.2 Å². The lowest BCUT2D eigenvalue weighted by molar-refractivity contribution is -0.122. The zero-order chi connectivity index (χ0) is 22.5. The van der Waals surface area contributed by atoms with Crippen molar-refractivity contribution in [2.45, 2.75) is 19.4 Å². The van der Waals surface area contributed by atoms with E-state index in [0.29, 0.717) is 22.9 Å². The topological polar surface area (TPSA) is 84.9 Å². The molecule has 3 aromatic rings. The molecule has 0 spiro atoms. The normalized spacial score (nSPS) is 15.2. The van der Waals surface area contributed by atoms with Gasteiger partial charge in [-0.2, -0.15) is 0 Å². The molecule has 0 saturated heterocycles. The predicted octanol–water partition coefficient (Wildman–Crippen LogP) is 4.40. The maximum Gasteiger partial charge on any atom is 0.338 e. The molecule has 0 fully saturated rings. The molecule has 1 atom stereocenters. The van der Waals surface area contributed by atoms with Crippen molar-refractivity contribution in [2.75, 3.05) is 16.8 Å². The second-order valence-corrected chi connectivity index (χ2v) is 7.40. The maximum absolute atomic E-state index is 13.0. The van der Waals surface area contributed by atoms with Gasteiger partial charge in [-0.1, -0.05) is 36.4 Å². The molecule has 2 amide bonds. The van der Waals surface area contributed by atoms with Gasteiger partial charge in [0, 0.05) is 12.5 Å². The molecule has 0 saturated carbocycles. The van der Waals surface area contributed by atoms with Crippen LogP contribution in [0.25, 0.3) is 0 Å². The van der Waals surface area contributed by atoms with Gasteiger partial charge in [-0.15, -0.1) is 0 Å². The summed E-state index contributed by atoms with van der Waals surface area (Å²) < 4.78 is 11.0. The summed E-state index contributed by atoms with van der Waals surface area (Å²) in [7, 11) is 0. The lowest BCUT2D eigenvalue weighted by Gasteiger charge is -2.27. The molecule has 1 N–H and O–H groups in total. The molecule has 7 nitrogen and oxygen atoms in total. The fourth-order valence-electron chi connectivity index (χ4n) is 3.56. The first-order valence-corrected chi connectivity index (χ1v) is 10.2. The van der Waals surface area contributed by atoms with Crippen LogP contribution in [0.5, 0.6) is 11.5 Å². The van der Waals surface area contributed by atoms with Crippen LogP contribution in [-0.2, 0) is 14.3 Å². The van der Waals surface area contributed by atoms with Crippen molar-refractivity contribution in [1.82, 2.24) is 0 Å². The van der Waals surface area contributed by atoms with E-state index < -0.39 is 18.5 Å². The molecule has 1 unspecified atom stereocenters. The Bertz CT molecular complexity index is 1150. The Morgan fingerprint density at radius 3 is 2.50 bits per heavy atom. The number of fused-ring (bicyclic) bond motifs is 1. The molecule has 0 radical (unpaired) electrons. The van der Waals surface area contributed by atoms with Crippen molar-refractivity contribution in [1.29, 1.82) is 0 Å². The highest BCUT2D eigenvalue weighted by molar-refractivity contribution is 6.05. The van der Waals surface area contributed by atoms with Gasteiger partial charge in [0.1, 0.15) is 11.5 Å². The SMILES string of the molecule is CC1CC(=O)Nc2ccccc2N1C(=O)COC(=O)c1cccc(Oc2ccccc2)c1. The Balaban J connectivity index is 1.44. The zero-order valence-electron chi connectivity index (χ0n) is 17.5. The van der Waals surface area contributed by atoms with E-state index in [9.17, 15) is 14.4 Å². The van der Waals surface area contributed by atoms with Crippen LogP contribution in [0, 0.1) is 0 Å². The number of nitrogens with zero attached hydrogens (tertiary/aromatic N) is 1. The lowest BCUT2D eigenvalue weighted by Crippen LogP contribution is -2.41. The lowest BCUT2D eigenvalue weighted by atomic mass is 10.1. The van der Waals surface area contributed by atoms with E-state index in [2.05, 4.69) is 5.32 Å². The van der Waals surface area contributed by atoms with Crippen LogP contribution in [0.15, 0.2) is 78.9 Å². The predicted molar refractivity (Wildman–Crippen MR) is 120 cm³/mol. The fraction of sp³-hybridized carbons (Fsp3) is 0.160. The molecule has 0 bridgehead atoms. The minimum Gasteiger partial charge on any atom is -0.457 e. The second-order valence-electron chi connectivity index (χ2n) is 7.40. The van der Waals surface area contributed by atoms with Gasteiger partial charge in [0.05, 0.1) is 16.9 Å². The fourth-order valence-corrected chi connectivity index (χ4v) is 3.56. The minimum absolute atomic E-state index is 0.146. The van der Waals surface area contributed by atoms with Gasteiger partial charge in [0.2, 0.25) is 5.91 Å². The smallest absolute Gasteiger partial charge is 0.338 e. The first-order chi connectivity index (χ1) is 15.5. The van der Waals surface area contributed by atoms with E-state index in [4.69, 9.17) is 9.47 Å². The number of ether oxygens (including phenoxy) is 2. The second kappa shape index (κ2) is 9.34. The zero-order valence-corrected chi connectivity index (χ0v) is 17.5. The Morgan fingerprint density at radius 1 is 0.969 bits per heavy atom. The first-order valence-electron chi connectivity index (χ1n) is 10.2. The highest BCUT2D eigenvalue weighted by atomic mass is 16.5. The van der Waals surface area contributed by atoms with E-state index in [1.54, 1.807) is 55.5 Å². The summed E-state index contributed by atoms with van der Waals surface area (Å²) in [5, 5.41) is 2.80. The largest absolute Gasteiger partial charge is 0.457 e. The Kier molecular flexibility index (Phi) is 6.17. The van der Waals surface area contributed by atoms with E-state index in [1.165, 1.54) is 4.90 Å². The third-order valence-electron chi connectivity index (χ3n) is 5.00. The van der Waals surface area contributed by atoms with Crippen LogP contribution in [0.4, 0.5) is 11.4 Å². The van der Waals surface area contributed by atoms with Gasteiger partial charge in [-0.05, 0) is 49.4 Å². The average molecular weight is 430 g/mol.